The molecule has 2 fully saturated rings. The van der Waals surface area contributed by atoms with Crippen LogP contribution < -0.4 is 5.32 Å². The van der Waals surface area contributed by atoms with E-state index in [9.17, 15) is 14.4 Å². The molecule has 0 unspecified atom stereocenters. The second-order valence-electron chi connectivity index (χ2n) is 6.57. The van der Waals surface area contributed by atoms with Gasteiger partial charge in [0, 0.05) is 24.4 Å². The van der Waals surface area contributed by atoms with Crippen molar-refractivity contribution >= 4 is 29.2 Å². The van der Waals surface area contributed by atoms with E-state index in [-0.39, 0.29) is 30.8 Å². The van der Waals surface area contributed by atoms with E-state index in [0.717, 1.165) is 17.7 Å². The first-order valence-corrected chi connectivity index (χ1v) is 9.49. The fourth-order valence-corrected chi connectivity index (χ4v) is 4.28. The third kappa shape index (κ3) is 3.61. The second-order valence-corrected chi connectivity index (χ2v) is 7.60. The van der Waals surface area contributed by atoms with Crippen molar-refractivity contribution < 1.29 is 14.4 Å². The molecule has 0 aromatic carbocycles. The van der Waals surface area contributed by atoms with Crippen molar-refractivity contribution in [2.45, 2.75) is 44.2 Å². The van der Waals surface area contributed by atoms with Crippen LogP contribution in [0, 0.1) is 0 Å². The maximum atomic E-state index is 12.6. The largest absolute Gasteiger partial charge is 0.334 e. The summed E-state index contributed by atoms with van der Waals surface area (Å²) in [7, 11) is 0. The van der Waals surface area contributed by atoms with Gasteiger partial charge in [-0.3, -0.25) is 14.5 Å². The summed E-state index contributed by atoms with van der Waals surface area (Å²) in [6.07, 6.45) is 5.12. The molecule has 0 atom stereocenters. The molecular formula is C18H23N3O3S. The van der Waals surface area contributed by atoms with Crippen molar-refractivity contribution in [1.29, 1.82) is 0 Å². The summed E-state index contributed by atoms with van der Waals surface area (Å²) in [4.78, 5) is 41.3. The highest BCUT2D eigenvalue weighted by Gasteiger charge is 2.52. The van der Waals surface area contributed by atoms with E-state index in [1.165, 1.54) is 4.90 Å². The van der Waals surface area contributed by atoms with Gasteiger partial charge in [-0.15, -0.1) is 17.9 Å². The number of carbonyl (C=O) groups excluding carboxylic acids is 3. The fourth-order valence-electron chi connectivity index (χ4n) is 3.56. The van der Waals surface area contributed by atoms with Crippen molar-refractivity contribution in [2.24, 2.45) is 0 Å². The zero-order chi connectivity index (χ0) is 17.9. The number of hydrogen-bond acceptors (Lipinski definition) is 4. The highest BCUT2D eigenvalue weighted by atomic mass is 32.1. The Hall–Kier alpha value is -2.15. The second kappa shape index (κ2) is 7.39. The lowest BCUT2D eigenvalue weighted by atomic mass is 9.98. The Labute approximate surface area is 151 Å². The Bertz CT molecular complexity index is 665. The van der Waals surface area contributed by atoms with Crippen LogP contribution in [-0.4, -0.2) is 46.3 Å². The Balaban J connectivity index is 1.59. The van der Waals surface area contributed by atoms with Gasteiger partial charge in [0.25, 0.3) is 5.91 Å². The Morgan fingerprint density at radius 2 is 2.16 bits per heavy atom. The first kappa shape index (κ1) is 17.7. The minimum absolute atomic E-state index is 0.0822. The number of amides is 4. The Kier molecular flexibility index (Phi) is 5.22. The molecule has 6 nitrogen and oxygen atoms in total. The van der Waals surface area contributed by atoms with Crippen LogP contribution in [0.2, 0.25) is 0 Å². The molecule has 4 amide bonds. The lowest BCUT2D eigenvalue weighted by Gasteiger charge is -2.22. The smallest absolute Gasteiger partial charge is 0.325 e. The average molecular weight is 361 g/mol. The molecule has 0 radical (unpaired) electrons. The number of carbonyl (C=O) groups is 3. The summed E-state index contributed by atoms with van der Waals surface area (Å²) in [5.41, 5.74) is -0.710. The summed E-state index contributed by atoms with van der Waals surface area (Å²) < 4.78 is 0. The van der Waals surface area contributed by atoms with Gasteiger partial charge in [0.2, 0.25) is 5.91 Å². The van der Waals surface area contributed by atoms with Gasteiger partial charge in [-0.1, -0.05) is 25.0 Å². The predicted octanol–water partition coefficient (Wildman–Crippen LogP) is 2.52. The maximum Gasteiger partial charge on any atom is 0.325 e. The first-order chi connectivity index (χ1) is 12.1. The normalized spacial score (nSPS) is 18.6. The lowest BCUT2D eigenvalue weighted by Crippen LogP contribution is -2.44. The molecule has 1 aromatic heterocycles. The molecule has 2 heterocycles. The number of nitrogens with zero attached hydrogens (tertiary/aromatic N) is 2. The summed E-state index contributed by atoms with van der Waals surface area (Å²) in [5.74, 6) is -0.252. The van der Waals surface area contributed by atoms with E-state index in [4.69, 9.17) is 0 Å². The van der Waals surface area contributed by atoms with Crippen molar-refractivity contribution in [3.8, 4) is 0 Å². The quantitative estimate of drug-likeness (QED) is 0.599. The van der Waals surface area contributed by atoms with Gasteiger partial charge in [0.05, 0.1) is 6.54 Å². The molecule has 1 aliphatic carbocycles. The van der Waals surface area contributed by atoms with Crippen LogP contribution in [0.1, 0.15) is 37.0 Å². The maximum absolute atomic E-state index is 12.6. The molecule has 1 spiro atoms. The van der Waals surface area contributed by atoms with Gasteiger partial charge < -0.3 is 10.2 Å². The standard InChI is InChI=1S/C18H23N3O3S/c1-2-10-20(13-14-6-5-12-25-14)15(22)7-11-21-16(23)18(19-17(21)24)8-3-4-9-18/h2,5-6,12H,1,3-4,7-11,13H2,(H,19,24). The molecule has 25 heavy (non-hydrogen) atoms. The van der Waals surface area contributed by atoms with Crippen LogP contribution in [0.15, 0.2) is 30.2 Å². The number of rotatable bonds is 7. The van der Waals surface area contributed by atoms with Crippen LogP contribution in [0.25, 0.3) is 0 Å². The first-order valence-electron chi connectivity index (χ1n) is 8.61. The number of nitrogens with one attached hydrogen (secondary N) is 1. The number of imide groups is 1. The van der Waals surface area contributed by atoms with Crippen molar-refractivity contribution in [3.63, 3.8) is 0 Å². The van der Waals surface area contributed by atoms with E-state index >= 15 is 0 Å². The average Bonchev–Trinajstić information content (AvgIpc) is 3.30. The Morgan fingerprint density at radius 1 is 1.40 bits per heavy atom. The monoisotopic (exact) mass is 361 g/mol. The minimum Gasteiger partial charge on any atom is -0.334 e. The number of urea groups is 1. The van der Waals surface area contributed by atoms with Crippen LogP contribution in [-0.2, 0) is 16.1 Å². The molecule has 1 saturated heterocycles. The van der Waals surface area contributed by atoms with Gasteiger partial charge in [-0.2, -0.15) is 0 Å². The van der Waals surface area contributed by atoms with E-state index in [1.807, 2.05) is 17.5 Å². The third-order valence-electron chi connectivity index (χ3n) is 4.88. The summed E-state index contributed by atoms with van der Waals surface area (Å²) in [6, 6.07) is 3.56. The highest BCUT2D eigenvalue weighted by molar-refractivity contribution is 7.09. The lowest BCUT2D eigenvalue weighted by molar-refractivity contribution is -0.133. The molecule has 1 aliphatic heterocycles. The van der Waals surface area contributed by atoms with Gasteiger partial charge >= 0.3 is 6.03 Å². The van der Waals surface area contributed by atoms with E-state index in [2.05, 4.69) is 11.9 Å². The fraction of sp³-hybridized carbons (Fsp3) is 0.500. The number of hydrogen-bond donors (Lipinski definition) is 1. The minimum atomic E-state index is -0.710. The zero-order valence-electron chi connectivity index (χ0n) is 14.2. The number of thiophene rings is 1. The summed E-state index contributed by atoms with van der Waals surface area (Å²) in [6.45, 7) is 4.80. The molecule has 134 valence electrons. The van der Waals surface area contributed by atoms with Crippen molar-refractivity contribution in [1.82, 2.24) is 15.1 Å². The highest BCUT2D eigenvalue weighted by Crippen LogP contribution is 2.35. The SMILES string of the molecule is C=CCN(Cc1cccs1)C(=O)CCN1C(=O)NC2(CCCC2)C1=O. The molecule has 1 saturated carbocycles. The van der Waals surface area contributed by atoms with Crippen molar-refractivity contribution in [3.05, 3.63) is 35.0 Å². The van der Waals surface area contributed by atoms with Gasteiger partial charge in [-0.25, -0.2) is 4.79 Å². The van der Waals surface area contributed by atoms with Gasteiger partial charge in [0.15, 0.2) is 0 Å². The topological polar surface area (TPSA) is 69.7 Å². The molecule has 3 rings (SSSR count). The Morgan fingerprint density at radius 3 is 2.80 bits per heavy atom. The van der Waals surface area contributed by atoms with E-state index < -0.39 is 5.54 Å². The van der Waals surface area contributed by atoms with Crippen LogP contribution in [0.3, 0.4) is 0 Å². The zero-order valence-corrected chi connectivity index (χ0v) is 15.0. The van der Waals surface area contributed by atoms with Crippen molar-refractivity contribution in [2.75, 3.05) is 13.1 Å². The molecule has 2 aliphatic rings. The summed E-state index contributed by atoms with van der Waals surface area (Å²) in [5, 5.41) is 4.81. The predicted molar refractivity (Wildman–Crippen MR) is 96.0 cm³/mol. The van der Waals surface area contributed by atoms with Crippen LogP contribution in [0.4, 0.5) is 4.79 Å². The third-order valence-corrected chi connectivity index (χ3v) is 5.74. The molecule has 1 N–H and O–H groups in total. The van der Waals surface area contributed by atoms with Gasteiger partial charge in [0.1, 0.15) is 5.54 Å². The molecule has 0 bridgehead atoms. The molecular weight excluding hydrogens is 338 g/mol. The van der Waals surface area contributed by atoms with E-state index in [0.29, 0.717) is 25.9 Å². The van der Waals surface area contributed by atoms with Crippen LogP contribution in [0.5, 0.6) is 0 Å². The molecule has 1 aromatic rings. The van der Waals surface area contributed by atoms with Gasteiger partial charge in [-0.05, 0) is 24.3 Å². The van der Waals surface area contributed by atoms with Crippen LogP contribution >= 0.6 is 11.3 Å². The van der Waals surface area contributed by atoms with E-state index in [1.54, 1.807) is 22.3 Å². The summed E-state index contributed by atoms with van der Waals surface area (Å²) >= 11 is 1.59. The molecule has 7 heteroatoms.